The Morgan fingerprint density at radius 2 is 2.38 bits per heavy atom. The third kappa shape index (κ3) is 1.60. The molecule has 2 aliphatic rings. The van der Waals surface area contributed by atoms with Crippen LogP contribution < -0.4 is 0 Å². The summed E-state index contributed by atoms with van der Waals surface area (Å²) >= 11 is 5.62. The maximum Gasteiger partial charge on any atom is 0.0733 e. The first kappa shape index (κ1) is 11.0. The quantitative estimate of drug-likeness (QED) is 0.726. The third-order valence-corrected chi connectivity index (χ3v) is 6.50. The van der Waals surface area contributed by atoms with Gasteiger partial charge >= 0.3 is 0 Å². The molecule has 1 fully saturated rings. The summed E-state index contributed by atoms with van der Waals surface area (Å²) < 4.78 is 1.32. The predicted octanol–water partition coefficient (Wildman–Crippen LogP) is 4.19. The van der Waals surface area contributed by atoms with Crippen LogP contribution in [0.3, 0.4) is 0 Å². The fourth-order valence-electron chi connectivity index (χ4n) is 3.13. The van der Waals surface area contributed by atoms with Crippen LogP contribution in [0.25, 0.3) is 0 Å². The summed E-state index contributed by atoms with van der Waals surface area (Å²) in [5, 5.41) is 0. The molecule has 3 heteroatoms. The number of hydrogen-bond donors (Lipinski definition) is 0. The summed E-state index contributed by atoms with van der Waals surface area (Å²) in [5.41, 5.74) is 3.08. The standard InChI is InChI=1S/C13H16BrNS/c1-7-9-4-3-8-5-10(8)11(6-15-2)12(9)16-13(7)14/h8,10-11H,2-6H2,1H3. The molecule has 0 amide bonds. The van der Waals surface area contributed by atoms with Crippen molar-refractivity contribution < 1.29 is 0 Å². The van der Waals surface area contributed by atoms with E-state index in [1.54, 1.807) is 10.4 Å². The molecule has 0 radical (unpaired) electrons. The lowest BCUT2D eigenvalue weighted by Crippen LogP contribution is -2.05. The van der Waals surface area contributed by atoms with Crippen molar-refractivity contribution >= 4 is 34.0 Å². The molecule has 16 heavy (non-hydrogen) atoms. The Balaban J connectivity index is 2.05. The maximum absolute atomic E-state index is 4.16. The van der Waals surface area contributed by atoms with Gasteiger partial charge < -0.3 is 4.99 Å². The molecule has 3 atom stereocenters. The molecule has 86 valence electrons. The summed E-state index contributed by atoms with van der Waals surface area (Å²) in [6.45, 7) is 6.85. The molecular weight excluding hydrogens is 282 g/mol. The smallest absolute Gasteiger partial charge is 0.0733 e. The molecule has 1 nitrogen and oxygen atoms in total. The van der Waals surface area contributed by atoms with Gasteiger partial charge in [-0.1, -0.05) is 0 Å². The number of aliphatic imine (C=N–C) groups is 1. The Kier molecular flexibility index (Phi) is 2.71. The van der Waals surface area contributed by atoms with Crippen molar-refractivity contribution in [1.29, 1.82) is 0 Å². The SMILES string of the molecule is C=NCC1c2sc(Br)c(C)c2CCC2CC21. The normalized spacial score (nSPS) is 31.5. The monoisotopic (exact) mass is 297 g/mol. The highest BCUT2D eigenvalue weighted by molar-refractivity contribution is 9.11. The van der Waals surface area contributed by atoms with Crippen LogP contribution in [0.15, 0.2) is 8.78 Å². The van der Waals surface area contributed by atoms with E-state index in [1.165, 1.54) is 28.6 Å². The Bertz CT molecular complexity index is 437. The van der Waals surface area contributed by atoms with Crippen LogP contribution in [-0.4, -0.2) is 13.3 Å². The van der Waals surface area contributed by atoms with Crippen molar-refractivity contribution in [3.63, 3.8) is 0 Å². The van der Waals surface area contributed by atoms with E-state index in [4.69, 9.17) is 0 Å². The molecule has 0 saturated heterocycles. The van der Waals surface area contributed by atoms with Gasteiger partial charge in [0.1, 0.15) is 0 Å². The van der Waals surface area contributed by atoms with Crippen molar-refractivity contribution in [2.24, 2.45) is 16.8 Å². The zero-order chi connectivity index (χ0) is 11.3. The fourth-order valence-corrected chi connectivity index (χ4v) is 5.14. The van der Waals surface area contributed by atoms with Crippen molar-refractivity contribution in [3.8, 4) is 0 Å². The van der Waals surface area contributed by atoms with Gasteiger partial charge in [0, 0.05) is 17.3 Å². The van der Waals surface area contributed by atoms with Crippen LogP contribution in [0.2, 0.25) is 0 Å². The highest BCUT2D eigenvalue weighted by Gasteiger charge is 2.46. The number of fused-ring (bicyclic) bond motifs is 2. The molecule has 0 N–H and O–H groups in total. The average molecular weight is 298 g/mol. The average Bonchev–Trinajstić information content (AvgIpc) is 2.98. The molecule has 1 aromatic rings. The van der Waals surface area contributed by atoms with Crippen LogP contribution in [0.4, 0.5) is 0 Å². The number of rotatable bonds is 2. The lowest BCUT2D eigenvalue weighted by molar-refractivity contribution is 0.575. The first-order valence-corrected chi connectivity index (χ1v) is 7.53. The summed E-state index contributed by atoms with van der Waals surface area (Å²) in [7, 11) is 0. The molecule has 0 aliphatic heterocycles. The first-order valence-electron chi connectivity index (χ1n) is 5.92. The number of thiophene rings is 1. The number of halogens is 1. The second-order valence-corrected chi connectivity index (χ2v) is 7.42. The molecule has 2 aliphatic carbocycles. The van der Waals surface area contributed by atoms with E-state index in [9.17, 15) is 0 Å². The minimum atomic E-state index is 0.662. The van der Waals surface area contributed by atoms with E-state index in [2.05, 4.69) is 34.6 Å². The van der Waals surface area contributed by atoms with Crippen LogP contribution in [0, 0.1) is 18.8 Å². The lowest BCUT2D eigenvalue weighted by Gasteiger charge is -2.12. The number of nitrogens with zero attached hydrogens (tertiary/aromatic N) is 1. The van der Waals surface area contributed by atoms with Crippen molar-refractivity contribution in [1.82, 2.24) is 0 Å². The topological polar surface area (TPSA) is 12.4 Å². The molecule has 0 spiro atoms. The molecule has 3 rings (SSSR count). The second kappa shape index (κ2) is 3.95. The molecule has 3 unspecified atom stereocenters. The Morgan fingerprint density at radius 1 is 1.56 bits per heavy atom. The van der Waals surface area contributed by atoms with Crippen molar-refractivity contribution in [2.45, 2.75) is 32.1 Å². The Labute approximate surface area is 109 Å². The van der Waals surface area contributed by atoms with E-state index < -0.39 is 0 Å². The van der Waals surface area contributed by atoms with Crippen LogP contribution in [0.5, 0.6) is 0 Å². The Hall–Kier alpha value is -0.150. The predicted molar refractivity (Wildman–Crippen MR) is 73.8 cm³/mol. The molecule has 0 aromatic carbocycles. The van der Waals surface area contributed by atoms with Gasteiger partial charge in [0.15, 0.2) is 0 Å². The fraction of sp³-hybridized carbons (Fsp3) is 0.615. The largest absolute Gasteiger partial charge is 0.300 e. The molecular formula is C13H16BrNS. The van der Waals surface area contributed by atoms with Crippen LogP contribution in [-0.2, 0) is 6.42 Å². The van der Waals surface area contributed by atoms with Gasteiger partial charge in [0.25, 0.3) is 0 Å². The summed E-state index contributed by atoms with van der Waals surface area (Å²) in [4.78, 5) is 5.76. The van der Waals surface area contributed by atoms with Crippen LogP contribution in [0.1, 0.15) is 34.8 Å². The zero-order valence-electron chi connectivity index (χ0n) is 9.50. The minimum Gasteiger partial charge on any atom is -0.300 e. The van der Waals surface area contributed by atoms with Gasteiger partial charge in [-0.3, -0.25) is 0 Å². The van der Waals surface area contributed by atoms with Crippen molar-refractivity contribution in [2.75, 3.05) is 6.54 Å². The van der Waals surface area contributed by atoms with E-state index in [-0.39, 0.29) is 0 Å². The van der Waals surface area contributed by atoms with Gasteiger partial charge in [-0.25, -0.2) is 0 Å². The van der Waals surface area contributed by atoms with Gasteiger partial charge in [0.05, 0.1) is 3.79 Å². The van der Waals surface area contributed by atoms with E-state index in [1.807, 2.05) is 11.3 Å². The third-order valence-electron chi connectivity index (χ3n) is 4.17. The molecule has 1 heterocycles. The molecule has 0 bridgehead atoms. The maximum atomic E-state index is 4.16. The van der Waals surface area contributed by atoms with E-state index in [0.29, 0.717) is 5.92 Å². The molecule has 1 saturated carbocycles. The minimum absolute atomic E-state index is 0.662. The summed E-state index contributed by atoms with van der Waals surface area (Å²) in [6, 6.07) is 0. The first-order chi connectivity index (χ1) is 7.72. The second-order valence-electron chi connectivity index (χ2n) is 5.05. The van der Waals surface area contributed by atoms with Gasteiger partial charge in [-0.2, -0.15) is 0 Å². The van der Waals surface area contributed by atoms with E-state index in [0.717, 1.165) is 18.4 Å². The van der Waals surface area contributed by atoms with Gasteiger partial charge in [-0.05, 0) is 71.8 Å². The lowest BCUT2D eigenvalue weighted by atomic mass is 9.98. The highest BCUT2D eigenvalue weighted by atomic mass is 79.9. The van der Waals surface area contributed by atoms with Crippen LogP contribution >= 0.6 is 27.3 Å². The van der Waals surface area contributed by atoms with Gasteiger partial charge in [-0.15, -0.1) is 11.3 Å². The zero-order valence-corrected chi connectivity index (χ0v) is 11.9. The van der Waals surface area contributed by atoms with Gasteiger partial charge in [0.2, 0.25) is 0 Å². The summed E-state index contributed by atoms with van der Waals surface area (Å²) in [5.74, 6) is 2.54. The Morgan fingerprint density at radius 3 is 3.12 bits per heavy atom. The summed E-state index contributed by atoms with van der Waals surface area (Å²) in [6.07, 6.45) is 4.08. The van der Waals surface area contributed by atoms with Crippen molar-refractivity contribution in [3.05, 3.63) is 19.8 Å². The van der Waals surface area contributed by atoms with E-state index >= 15 is 0 Å². The molecule has 1 aromatic heterocycles. The number of hydrogen-bond acceptors (Lipinski definition) is 2. The highest BCUT2D eigenvalue weighted by Crippen LogP contribution is 2.56.